The lowest BCUT2D eigenvalue weighted by Gasteiger charge is -2.21. The summed E-state index contributed by atoms with van der Waals surface area (Å²) in [6, 6.07) is 11.4. The Morgan fingerprint density at radius 2 is 1.89 bits per heavy atom. The average Bonchev–Trinajstić information content (AvgIpc) is 2.45. The summed E-state index contributed by atoms with van der Waals surface area (Å²) in [6.07, 6.45) is -2.09. The molecule has 0 aliphatic heterocycles. The van der Waals surface area contributed by atoms with Gasteiger partial charge in [-0.25, -0.2) is 0 Å². The molecule has 0 aliphatic carbocycles. The number of rotatable bonds is 5. The molecule has 102 valence electrons. The summed E-state index contributed by atoms with van der Waals surface area (Å²) in [5.41, 5.74) is 0.591. The molecular weight excluding hydrogens is 264 g/mol. The molecule has 0 saturated carbocycles. The Hall–Kier alpha value is -1.29. The predicted molar refractivity (Wildman–Crippen MR) is 76.8 cm³/mol. The van der Waals surface area contributed by atoms with Crippen molar-refractivity contribution in [2.24, 2.45) is 0 Å². The van der Waals surface area contributed by atoms with Gasteiger partial charge >= 0.3 is 0 Å². The van der Waals surface area contributed by atoms with Crippen LogP contribution in [0.25, 0.3) is 10.8 Å². The van der Waals surface area contributed by atoms with Crippen LogP contribution in [0, 0.1) is 0 Å². The highest BCUT2D eigenvalue weighted by Crippen LogP contribution is 2.35. The molecule has 0 bridgehead atoms. The van der Waals surface area contributed by atoms with Crippen LogP contribution < -0.4 is 4.74 Å². The third-order valence-corrected chi connectivity index (χ3v) is 3.37. The zero-order valence-electron chi connectivity index (χ0n) is 10.7. The van der Waals surface area contributed by atoms with Crippen molar-refractivity contribution in [3.05, 3.63) is 42.0 Å². The minimum atomic E-state index is -1.06. The molecule has 0 spiro atoms. The summed E-state index contributed by atoms with van der Waals surface area (Å²) in [6.45, 7) is 2.37. The van der Waals surface area contributed by atoms with Gasteiger partial charge in [0.25, 0.3) is 0 Å². The van der Waals surface area contributed by atoms with Crippen molar-refractivity contribution in [3.63, 3.8) is 0 Å². The van der Waals surface area contributed by atoms with Crippen molar-refractivity contribution in [2.75, 3.05) is 12.5 Å². The molecular formula is C15H17ClO3. The molecule has 2 aromatic carbocycles. The van der Waals surface area contributed by atoms with E-state index in [1.165, 1.54) is 0 Å². The summed E-state index contributed by atoms with van der Waals surface area (Å²) in [5.74, 6) is 0.550. The second-order valence-corrected chi connectivity index (χ2v) is 4.61. The van der Waals surface area contributed by atoms with E-state index in [9.17, 15) is 10.2 Å². The Labute approximate surface area is 117 Å². The lowest BCUT2D eigenvalue weighted by atomic mass is 9.96. The number of aliphatic hydroxyl groups excluding tert-OH is 2. The summed E-state index contributed by atoms with van der Waals surface area (Å²) < 4.78 is 5.55. The molecule has 2 atom stereocenters. The second kappa shape index (κ2) is 6.24. The Bertz CT molecular complexity index is 556. The van der Waals surface area contributed by atoms with E-state index in [2.05, 4.69) is 0 Å². The van der Waals surface area contributed by atoms with Crippen LogP contribution in [-0.4, -0.2) is 28.8 Å². The van der Waals surface area contributed by atoms with E-state index in [1.807, 2.05) is 43.3 Å². The minimum absolute atomic E-state index is 0.0318. The fourth-order valence-corrected chi connectivity index (χ4v) is 2.31. The van der Waals surface area contributed by atoms with Gasteiger partial charge in [0.2, 0.25) is 0 Å². The first-order valence-corrected chi connectivity index (χ1v) is 6.79. The van der Waals surface area contributed by atoms with Crippen molar-refractivity contribution in [1.29, 1.82) is 0 Å². The van der Waals surface area contributed by atoms with Gasteiger partial charge in [-0.2, -0.15) is 0 Å². The van der Waals surface area contributed by atoms with Gasteiger partial charge in [-0.3, -0.25) is 0 Å². The van der Waals surface area contributed by atoms with Gasteiger partial charge in [-0.15, -0.1) is 11.6 Å². The largest absolute Gasteiger partial charge is 0.493 e. The molecule has 0 saturated heterocycles. The Balaban J connectivity index is 2.61. The number of fused-ring (bicyclic) bond motifs is 1. The monoisotopic (exact) mass is 280 g/mol. The summed E-state index contributed by atoms with van der Waals surface area (Å²) in [4.78, 5) is 0. The molecule has 2 N–H and O–H groups in total. The Kier molecular flexibility index (Phi) is 4.64. The van der Waals surface area contributed by atoms with Crippen LogP contribution in [-0.2, 0) is 0 Å². The number of hydrogen-bond donors (Lipinski definition) is 2. The molecule has 0 heterocycles. The predicted octanol–water partition coefficient (Wildman–Crippen LogP) is 2.87. The Morgan fingerprint density at radius 1 is 1.16 bits per heavy atom. The normalized spacial score (nSPS) is 14.3. The van der Waals surface area contributed by atoms with Gasteiger partial charge in [0.15, 0.2) is 0 Å². The molecule has 2 rings (SSSR count). The van der Waals surface area contributed by atoms with Crippen molar-refractivity contribution in [1.82, 2.24) is 0 Å². The van der Waals surface area contributed by atoms with E-state index in [1.54, 1.807) is 0 Å². The molecule has 2 unspecified atom stereocenters. The molecule has 2 aromatic rings. The third-order valence-electron chi connectivity index (χ3n) is 3.05. The minimum Gasteiger partial charge on any atom is -0.493 e. The fourth-order valence-electron chi connectivity index (χ4n) is 2.14. The van der Waals surface area contributed by atoms with Crippen LogP contribution >= 0.6 is 11.6 Å². The topological polar surface area (TPSA) is 49.7 Å². The number of ether oxygens (including phenoxy) is 1. The number of benzene rings is 2. The van der Waals surface area contributed by atoms with E-state index in [0.29, 0.717) is 17.9 Å². The maximum absolute atomic E-state index is 10.3. The summed E-state index contributed by atoms with van der Waals surface area (Å²) >= 11 is 5.63. The highest BCUT2D eigenvalue weighted by Gasteiger charge is 2.23. The van der Waals surface area contributed by atoms with Gasteiger partial charge in [-0.1, -0.05) is 30.3 Å². The van der Waals surface area contributed by atoms with Crippen LogP contribution in [0.15, 0.2) is 36.4 Å². The summed E-state index contributed by atoms with van der Waals surface area (Å²) in [7, 11) is 0. The Morgan fingerprint density at radius 3 is 2.58 bits per heavy atom. The lowest BCUT2D eigenvalue weighted by Crippen LogP contribution is -2.20. The first-order valence-electron chi connectivity index (χ1n) is 6.25. The van der Waals surface area contributed by atoms with E-state index in [0.717, 1.165) is 10.8 Å². The first kappa shape index (κ1) is 14.1. The molecule has 4 heteroatoms. The van der Waals surface area contributed by atoms with Gasteiger partial charge in [0.1, 0.15) is 11.9 Å². The standard InChI is InChI=1S/C15H17ClO3/c1-2-19-13-8-7-10-5-3-4-6-11(10)14(13)15(18)12(17)9-16/h3-8,12,15,17-18H,2,9H2,1H3. The van der Waals surface area contributed by atoms with Gasteiger partial charge in [0.05, 0.1) is 18.6 Å². The average molecular weight is 281 g/mol. The number of alkyl halides is 1. The summed E-state index contributed by atoms with van der Waals surface area (Å²) in [5, 5.41) is 21.9. The maximum atomic E-state index is 10.3. The highest BCUT2D eigenvalue weighted by molar-refractivity contribution is 6.18. The third kappa shape index (κ3) is 2.84. The molecule has 0 aromatic heterocycles. The number of hydrogen-bond acceptors (Lipinski definition) is 3. The van der Waals surface area contributed by atoms with E-state index < -0.39 is 12.2 Å². The second-order valence-electron chi connectivity index (χ2n) is 4.30. The molecule has 0 aliphatic rings. The van der Waals surface area contributed by atoms with E-state index >= 15 is 0 Å². The molecule has 3 nitrogen and oxygen atoms in total. The maximum Gasteiger partial charge on any atom is 0.125 e. The van der Waals surface area contributed by atoms with Crippen LogP contribution in [0.4, 0.5) is 0 Å². The fraction of sp³-hybridized carbons (Fsp3) is 0.333. The lowest BCUT2D eigenvalue weighted by molar-refractivity contribution is 0.0319. The van der Waals surface area contributed by atoms with E-state index in [-0.39, 0.29) is 5.88 Å². The van der Waals surface area contributed by atoms with Crippen LogP contribution in [0.3, 0.4) is 0 Å². The first-order chi connectivity index (χ1) is 9.19. The van der Waals surface area contributed by atoms with Crippen LogP contribution in [0.1, 0.15) is 18.6 Å². The van der Waals surface area contributed by atoms with Crippen molar-refractivity contribution >= 4 is 22.4 Å². The van der Waals surface area contributed by atoms with E-state index in [4.69, 9.17) is 16.3 Å². The van der Waals surface area contributed by atoms with Crippen molar-refractivity contribution < 1.29 is 14.9 Å². The quantitative estimate of drug-likeness (QED) is 0.828. The zero-order chi connectivity index (χ0) is 13.8. The van der Waals surface area contributed by atoms with Gasteiger partial charge in [-0.05, 0) is 23.8 Å². The molecule has 19 heavy (non-hydrogen) atoms. The van der Waals surface area contributed by atoms with Crippen LogP contribution in [0.2, 0.25) is 0 Å². The SMILES string of the molecule is CCOc1ccc2ccccc2c1C(O)C(O)CCl. The molecule has 0 amide bonds. The molecule has 0 fully saturated rings. The zero-order valence-corrected chi connectivity index (χ0v) is 11.5. The van der Waals surface area contributed by atoms with Gasteiger partial charge in [0, 0.05) is 5.56 Å². The number of halogens is 1. The highest BCUT2D eigenvalue weighted by atomic mass is 35.5. The number of aliphatic hydroxyl groups is 2. The van der Waals surface area contributed by atoms with Crippen molar-refractivity contribution in [2.45, 2.75) is 19.1 Å². The van der Waals surface area contributed by atoms with Crippen LogP contribution in [0.5, 0.6) is 5.75 Å². The smallest absolute Gasteiger partial charge is 0.125 e. The molecule has 0 radical (unpaired) electrons. The van der Waals surface area contributed by atoms with Crippen molar-refractivity contribution in [3.8, 4) is 5.75 Å². The van der Waals surface area contributed by atoms with Gasteiger partial charge < -0.3 is 14.9 Å².